The fraction of sp³-hybridized carbons (Fsp3) is 0.357. The van der Waals surface area contributed by atoms with Crippen molar-refractivity contribution in [3.63, 3.8) is 0 Å². The summed E-state index contributed by atoms with van der Waals surface area (Å²) < 4.78 is 16.5. The van der Waals surface area contributed by atoms with E-state index in [2.05, 4.69) is 21.0 Å². The van der Waals surface area contributed by atoms with Gasteiger partial charge < -0.3 is 5.73 Å². The minimum absolute atomic E-state index is 0.239. The maximum absolute atomic E-state index is 13.7. The number of nitrogens with zero attached hydrogens (tertiary/aromatic N) is 2. The van der Waals surface area contributed by atoms with Crippen LogP contribution in [0, 0.1) is 26.6 Å². The Bertz CT molecular complexity index is 632. The number of rotatable bonds is 2. The number of hydrogen-bond acceptors (Lipinski definition) is 2. The molecule has 102 valence electrons. The van der Waals surface area contributed by atoms with Crippen LogP contribution in [0.3, 0.4) is 0 Å². The fourth-order valence-electron chi connectivity index (χ4n) is 2.09. The molecular weight excluding hydrogens is 309 g/mol. The number of nitrogens with two attached hydrogens (primary N) is 1. The average molecular weight is 326 g/mol. The summed E-state index contributed by atoms with van der Waals surface area (Å²) in [7, 11) is 0. The molecule has 1 atom stereocenters. The van der Waals surface area contributed by atoms with Gasteiger partial charge in [0.15, 0.2) is 0 Å². The second-order valence-corrected chi connectivity index (χ2v) is 5.64. The Hall–Kier alpha value is -1.20. The smallest absolute Gasteiger partial charge is 0.126 e. The van der Waals surface area contributed by atoms with E-state index in [9.17, 15) is 4.39 Å². The van der Waals surface area contributed by atoms with Gasteiger partial charge in [-0.2, -0.15) is 5.10 Å². The van der Waals surface area contributed by atoms with Gasteiger partial charge in [-0.05, 0) is 66.9 Å². The van der Waals surface area contributed by atoms with E-state index in [0.29, 0.717) is 5.56 Å². The van der Waals surface area contributed by atoms with Gasteiger partial charge in [0.2, 0.25) is 0 Å². The summed E-state index contributed by atoms with van der Waals surface area (Å²) in [6.07, 6.45) is 0. The van der Waals surface area contributed by atoms with Gasteiger partial charge in [-0.3, -0.25) is 0 Å². The molecule has 19 heavy (non-hydrogen) atoms. The minimum atomic E-state index is -0.257. The molecule has 0 fully saturated rings. The van der Waals surface area contributed by atoms with E-state index in [-0.39, 0.29) is 11.9 Å². The summed E-state index contributed by atoms with van der Waals surface area (Å²) in [5, 5.41) is 4.49. The highest BCUT2D eigenvalue weighted by molar-refractivity contribution is 9.10. The number of hydrogen-bond donors (Lipinski definition) is 1. The molecule has 0 bridgehead atoms. The molecule has 0 saturated carbocycles. The first-order chi connectivity index (χ1) is 8.82. The first-order valence-corrected chi connectivity index (χ1v) is 6.90. The molecule has 1 aromatic heterocycles. The quantitative estimate of drug-likeness (QED) is 0.914. The van der Waals surface area contributed by atoms with Crippen LogP contribution in [0.4, 0.5) is 4.39 Å². The van der Waals surface area contributed by atoms with Crippen LogP contribution in [-0.4, -0.2) is 9.78 Å². The SMILES string of the molecule is Cc1cc(-n2nc(C)c(Br)c2C)c(C(C)N)cc1F. The van der Waals surface area contributed by atoms with Crippen molar-refractivity contribution in [2.24, 2.45) is 5.73 Å². The third-order valence-corrected chi connectivity index (χ3v) is 4.38. The van der Waals surface area contributed by atoms with Crippen LogP contribution >= 0.6 is 15.9 Å². The summed E-state index contributed by atoms with van der Waals surface area (Å²) in [4.78, 5) is 0. The molecule has 1 heterocycles. The largest absolute Gasteiger partial charge is 0.324 e. The van der Waals surface area contributed by atoms with Crippen LogP contribution in [0.25, 0.3) is 5.69 Å². The van der Waals surface area contributed by atoms with Gasteiger partial charge >= 0.3 is 0 Å². The molecule has 2 N–H and O–H groups in total. The molecule has 3 nitrogen and oxygen atoms in total. The van der Waals surface area contributed by atoms with Crippen LogP contribution in [0.2, 0.25) is 0 Å². The van der Waals surface area contributed by atoms with E-state index in [4.69, 9.17) is 5.73 Å². The maximum atomic E-state index is 13.7. The highest BCUT2D eigenvalue weighted by Gasteiger charge is 2.17. The third-order valence-electron chi connectivity index (χ3n) is 3.23. The molecule has 0 aliphatic rings. The number of aryl methyl sites for hydroxylation is 2. The lowest BCUT2D eigenvalue weighted by molar-refractivity contribution is 0.610. The monoisotopic (exact) mass is 325 g/mol. The summed E-state index contributed by atoms with van der Waals surface area (Å²) in [6, 6.07) is 3.03. The fourth-order valence-corrected chi connectivity index (χ4v) is 2.34. The second-order valence-electron chi connectivity index (χ2n) is 4.85. The van der Waals surface area contributed by atoms with Crippen molar-refractivity contribution in [2.75, 3.05) is 0 Å². The molecule has 0 aliphatic heterocycles. The zero-order valence-electron chi connectivity index (χ0n) is 11.5. The van der Waals surface area contributed by atoms with Crippen LogP contribution in [0.15, 0.2) is 16.6 Å². The van der Waals surface area contributed by atoms with E-state index in [0.717, 1.165) is 27.1 Å². The maximum Gasteiger partial charge on any atom is 0.126 e. The lowest BCUT2D eigenvalue weighted by Crippen LogP contribution is -2.12. The highest BCUT2D eigenvalue weighted by atomic mass is 79.9. The molecule has 2 rings (SSSR count). The third kappa shape index (κ3) is 2.44. The first-order valence-electron chi connectivity index (χ1n) is 6.10. The zero-order valence-corrected chi connectivity index (χ0v) is 13.0. The molecule has 5 heteroatoms. The van der Waals surface area contributed by atoms with Crippen molar-refractivity contribution >= 4 is 15.9 Å². The van der Waals surface area contributed by atoms with Crippen molar-refractivity contribution in [3.8, 4) is 5.69 Å². The molecule has 0 saturated heterocycles. The Balaban J connectivity index is 2.73. The Morgan fingerprint density at radius 1 is 1.32 bits per heavy atom. The minimum Gasteiger partial charge on any atom is -0.324 e. The lowest BCUT2D eigenvalue weighted by atomic mass is 10.0. The zero-order chi connectivity index (χ0) is 14.3. The van der Waals surface area contributed by atoms with Crippen LogP contribution < -0.4 is 5.73 Å². The second kappa shape index (κ2) is 5.06. The average Bonchev–Trinajstić information content (AvgIpc) is 2.59. The van der Waals surface area contributed by atoms with Gasteiger partial charge in [0.1, 0.15) is 5.82 Å². The standard InChI is InChI=1S/C14H17BrFN3/c1-7-5-13(11(8(2)17)6-12(7)16)19-10(4)14(15)9(3)18-19/h5-6,8H,17H2,1-4H3. The topological polar surface area (TPSA) is 43.8 Å². The first kappa shape index (κ1) is 14.2. The van der Waals surface area contributed by atoms with Crippen LogP contribution in [-0.2, 0) is 0 Å². The van der Waals surface area contributed by atoms with Crippen LogP contribution in [0.1, 0.15) is 35.5 Å². The van der Waals surface area contributed by atoms with Crippen molar-refractivity contribution < 1.29 is 4.39 Å². The molecule has 0 aliphatic carbocycles. The van der Waals surface area contributed by atoms with Crippen molar-refractivity contribution in [3.05, 3.63) is 44.9 Å². The van der Waals surface area contributed by atoms with Gasteiger partial charge in [-0.15, -0.1) is 0 Å². The molecule has 0 spiro atoms. The van der Waals surface area contributed by atoms with Gasteiger partial charge in [0, 0.05) is 6.04 Å². The number of halogens is 2. The van der Waals surface area contributed by atoms with Gasteiger partial charge in [0.05, 0.1) is 21.5 Å². The van der Waals surface area contributed by atoms with E-state index in [1.54, 1.807) is 13.0 Å². The van der Waals surface area contributed by atoms with Crippen LogP contribution in [0.5, 0.6) is 0 Å². The Kier molecular flexibility index (Phi) is 3.78. The lowest BCUT2D eigenvalue weighted by Gasteiger charge is -2.15. The Labute approximate surface area is 120 Å². The molecule has 0 amide bonds. The summed E-state index contributed by atoms with van der Waals surface area (Å²) in [5.41, 5.74) is 9.99. The van der Waals surface area contributed by atoms with Crippen molar-refractivity contribution in [2.45, 2.75) is 33.7 Å². The summed E-state index contributed by atoms with van der Waals surface area (Å²) in [5.74, 6) is -0.239. The highest BCUT2D eigenvalue weighted by Crippen LogP contribution is 2.28. The van der Waals surface area contributed by atoms with E-state index in [1.165, 1.54) is 6.07 Å². The Morgan fingerprint density at radius 2 is 1.95 bits per heavy atom. The van der Waals surface area contributed by atoms with Gasteiger partial charge in [0.25, 0.3) is 0 Å². The molecule has 2 aromatic rings. The van der Waals surface area contributed by atoms with Gasteiger partial charge in [-0.25, -0.2) is 9.07 Å². The molecule has 0 radical (unpaired) electrons. The molecule has 1 aromatic carbocycles. The predicted octanol–water partition coefficient (Wildman–Crippen LogP) is 3.72. The van der Waals surface area contributed by atoms with Crippen molar-refractivity contribution in [1.29, 1.82) is 0 Å². The summed E-state index contributed by atoms with van der Waals surface area (Å²) >= 11 is 3.50. The normalized spacial score (nSPS) is 12.8. The van der Waals surface area contributed by atoms with Gasteiger partial charge in [-0.1, -0.05) is 0 Å². The molecular formula is C14H17BrFN3. The summed E-state index contributed by atoms with van der Waals surface area (Å²) in [6.45, 7) is 7.47. The van der Waals surface area contributed by atoms with Crippen molar-refractivity contribution in [1.82, 2.24) is 9.78 Å². The molecule has 1 unspecified atom stereocenters. The number of benzene rings is 1. The van der Waals surface area contributed by atoms with E-state index < -0.39 is 0 Å². The number of aromatic nitrogens is 2. The predicted molar refractivity (Wildman–Crippen MR) is 78.0 cm³/mol. The van der Waals surface area contributed by atoms with E-state index in [1.807, 2.05) is 25.5 Å². The Morgan fingerprint density at radius 3 is 2.42 bits per heavy atom. The van der Waals surface area contributed by atoms with E-state index >= 15 is 0 Å².